The van der Waals surface area contributed by atoms with Gasteiger partial charge in [-0.2, -0.15) is 18.2 Å². The van der Waals surface area contributed by atoms with Crippen molar-refractivity contribution in [1.29, 1.82) is 0 Å². The molecular weight excluding hydrogens is 601 g/mol. The molecule has 2 aromatic carbocycles. The second kappa shape index (κ2) is 13.9. The standard InChI is InChI=1S/C32H39F3N8O3/c1-5-36-30-37-18-23-20-43(31(45)42(7-3)28(23)39-30)25-14-22(15-26(17-25)46-4)29(44)38-24-9-8-21(27(16-24)32(33,34)35)19-41-12-10-40(6-2)11-13-41/h8-9,14-18H,5-7,10-13,19-20H2,1-4H3,(H,38,44)(H,36,37,39). The van der Waals surface area contributed by atoms with E-state index in [0.717, 1.165) is 25.7 Å². The summed E-state index contributed by atoms with van der Waals surface area (Å²) in [5.41, 5.74) is 0.584. The van der Waals surface area contributed by atoms with Gasteiger partial charge in [0, 0.05) is 74.9 Å². The van der Waals surface area contributed by atoms with E-state index >= 15 is 0 Å². The SMILES string of the molecule is CCNc1ncc2c(n1)N(CC)C(=O)N(c1cc(OC)cc(C(=O)Nc3ccc(CN4CCN(CC)CC4)c(C(F)(F)F)c3)c1)C2. The third kappa shape index (κ3) is 7.18. The molecule has 0 aliphatic carbocycles. The van der Waals surface area contributed by atoms with E-state index in [2.05, 4.69) is 32.4 Å². The molecule has 14 heteroatoms. The number of likely N-dealkylation sites (N-methyl/N-ethyl adjacent to an activating group) is 1. The number of nitrogens with zero attached hydrogens (tertiary/aromatic N) is 6. The Morgan fingerprint density at radius 3 is 2.39 bits per heavy atom. The molecule has 2 aliphatic rings. The molecule has 246 valence electrons. The minimum atomic E-state index is -4.60. The number of alkyl halides is 3. The number of carbonyl (C=O) groups excluding carboxylic acids is 2. The van der Waals surface area contributed by atoms with Crippen molar-refractivity contribution in [3.05, 3.63) is 64.8 Å². The average molecular weight is 641 g/mol. The monoisotopic (exact) mass is 640 g/mol. The van der Waals surface area contributed by atoms with Crippen molar-refractivity contribution < 1.29 is 27.5 Å². The summed E-state index contributed by atoms with van der Waals surface area (Å²) in [6, 6.07) is 8.14. The number of nitrogens with one attached hydrogen (secondary N) is 2. The Hall–Kier alpha value is -4.43. The number of hydrogen-bond acceptors (Lipinski definition) is 8. The van der Waals surface area contributed by atoms with Crippen LogP contribution >= 0.6 is 0 Å². The lowest BCUT2D eigenvalue weighted by molar-refractivity contribution is -0.138. The number of ether oxygens (including phenoxy) is 1. The number of carbonyl (C=O) groups is 2. The molecule has 0 unspecified atom stereocenters. The van der Waals surface area contributed by atoms with Crippen molar-refractivity contribution in [2.45, 2.75) is 40.0 Å². The topological polar surface area (TPSA) is 106 Å². The van der Waals surface area contributed by atoms with Crippen molar-refractivity contribution >= 4 is 35.1 Å². The van der Waals surface area contributed by atoms with Gasteiger partial charge in [-0.1, -0.05) is 13.0 Å². The maximum Gasteiger partial charge on any atom is 0.416 e. The van der Waals surface area contributed by atoms with Crippen LogP contribution in [0.1, 0.15) is 47.8 Å². The van der Waals surface area contributed by atoms with Crippen LogP contribution in [-0.4, -0.2) is 84.6 Å². The Kier molecular flexibility index (Phi) is 9.97. The lowest BCUT2D eigenvalue weighted by Crippen LogP contribution is -2.48. The zero-order chi connectivity index (χ0) is 33.0. The highest BCUT2D eigenvalue weighted by Gasteiger charge is 2.35. The Balaban J connectivity index is 1.39. The minimum Gasteiger partial charge on any atom is -0.497 e. The summed E-state index contributed by atoms with van der Waals surface area (Å²) in [5, 5.41) is 5.66. The van der Waals surface area contributed by atoms with Gasteiger partial charge in [-0.05, 0) is 50.2 Å². The molecule has 11 nitrogen and oxygen atoms in total. The number of anilines is 4. The smallest absolute Gasteiger partial charge is 0.416 e. The van der Waals surface area contributed by atoms with Gasteiger partial charge in [0.2, 0.25) is 5.95 Å². The summed E-state index contributed by atoms with van der Waals surface area (Å²) in [4.78, 5) is 43.2. The second-order valence-electron chi connectivity index (χ2n) is 11.1. The summed E-state index contributed by atoms with van der Waals surface area (Å²) in [6.45, 7) is 11.0. The van der Waals surface area contributed by atoms with Gasteiger partial charge in [-0.25, -0.2) is 9.78 Å². The van der Waals surface area contributed by atoms with E-state index in [4.69, 9.17) is 4.74 Å². The molecule has 3 heterocycles. The number of methoxy groups -OCH3 is 1. The zero-order valence-corrected chi connectivity index (χ0v) is 26.4. The van der Waals surface area contributed by atoms with E-state index < -0.39 is 17.6 Å². The van der Waals surface area contributed by atoms with Gasteiger partial charge in [0.25, 0.3) is 5.91 Å². The Bertz CT molecular complexity index is 1580. The Labute approximate surface area is 266 Å². The molecule has 2 N–H and O–H groups in total. The van der Waals surface area contributed by atoms with Crippen LogP contribution in [0.3, 0.4) is 0 Å². The number of fused-ring (bicyclic) bond motifs is 1. The van der Waals surface area contributed by atoms with Crippen molar-refractivity contribution in [3.63, 3.8) is 0 Å². The van der Waals surface area contributed by atoms with Gasteiger partial charge in [0.1, 0.15) is 11.6 Å². The fraction of sp³-hybridized carbons (Fsp3) is 0.438. The third-order valence-electron chi connectivity index (χ3n) is 8.22. The number of urea groups is 1. The van der Waals surface area contributed by atoms with E-state index in [0.29, 0.717) is 54.9 Å². The average Bonchev–Trinajstić information content (AvgIpc) is 3.05. The van der Waals surface area contributed by atoms with Crippen LogP contribution in [0.25, 0.3) is 0 Å². The maximum atomic E-state index is 14.2. The number of amides is 3. The molecule has 46 heavy (non-hydrogen) atoms. The number of benzene rings is 2. The minimum absolute atomic E-state index is 0.00928. The highest BCUT2D eigenvalue weighted by atomic mass is 19.4. The first-order chi connectivity index (χ1) is 22.0. The molecule has 2 aliphatic heterocycles. The fourth-order valence-electron chi connectivity index (χ4n) is 5.70. The normalized spacial score (nSPS) is 15.9. The summed E-state index contributed by atoms with van der Waals surface area (Å²) in [7, 11) is 1.43. The number of rotatable bonds is 10. The van der Waals surface area contributed by atoms with Crippen molar-refractivity contribution in [2.75, 3.05) is 73.4 Å². The van der Waals surface area contributed by atoms with Crippen LogP contribution in [-0.2, 0) is 19.3 Å². The maximum absolute atomic E-state index is 14.2. The first kappa shape index (κ1) is 32.9. The van der Waals surface area contributed by atoms with E-state index in [1.807, 2.05) is 18.7 Å². The molecular formula is C32H39F3N8O3. The fourth-order valence-corrected chi connectivity index (χ4v) is 5.70. The van der Waals surface area contributed by atoms with Crippen molar-refractivity contribution in [2.24, 2.45) is 0 Å². The van der Waals surface area contributed by atoms with Crippen molar-refractivity contribution in [1.82, 2.24) is 19.8 Å². The van der Waals surface area contributed by atoms with Gasteiger partial charge < -0.3 is 20.3 Å². The number of halogens is 3. The van der Waals surface area contributed by atoms with Crippen LogP contribution < -0.4 is 25.2 Å². The lowest BCUT2D eigenvalue weighted by atomic mass is 10.0. The number of aromatic nitrogens is 2. The predicted octanol–water partition coefficient (Wildman–Crippen LogP) is 5.29. The quantitative estimate of drug-likeness (QED) is 0.308. The molecule has 1 saturated heterocycles. The molecule has 3 amide bonds. The summed E-state index contributed by atoms with van der Waals surface area (Å²) in [6.07, 6.45) is -2.94. The molecule has 5 rings (SSSR count). The molecule has 0 atom stereocenters. The molecule has 0 bridgehead atoms. The Morgan fingerprint density at radius 1 is 1.00 bits per heavy atom. The first-order valence-electron chi connectivity index (χ1n) is 15.4. The number of piperazine rings is 1. The van der Waals surface area contributed by atoms with E-state index in [1.165, 1.54) is 41.2 Å². The lowest BCUT2D eigenvalue weighted by Gasteiger charge is -2.35. The summed E-state index contributed by atoms with van der Waals surface area (Å²) >= 11 is 0. The summed E-state index contributed by atoms with van der Waals surface area (Å²) in [5.74, 6) is 0.575. The first-order valence-corrected chi connectivity index (χ1v) is 15.4. The van der Waals surface area contributed by atoms with Gasteiger partial charge in [0.15, 0.2) is 0 Å². The Morgan fingerprint density at radius 2 is 1.74 bits per heavy atom. The van der Waals surface area contributed by atoms with E-state index in [1.54, 1.807) is 12.3 Å². The molecule has 1 fully saturated rings. The molecule has 0 saturated carbocycles. The zero-order valence-electron chi connectivity index (χ0n) is 26.4. The van der Waals surface area contributed by atoms with Gasteiger partial charge in [-0.3, -0.25) is 19.5 Å². The van der Waals surface area contributed by atoms with Gasteiger partial charge in [-0.15, -0.1) is 0 Å². The third-order valence-corrected chi connectivity index (χ3v) is 8.22. The van der Waals surface area contributed by atoms with Gasteiger partial charge >= 0.3 is 12.2 Å². The molecule has 3 aromatic rings. The van der Waals surface area contributed by atoms with Crippen LogP contribution in [0, 0.1) is 0 Å². The van der Waals surface area contributed by atoms with E-state index in [9.17, 15) is 22.8 Å². The number of hydrogen-bond donors (Lipinski definition) is 2. The van der Waals surface area contributed by atoms with E-state index in [-0.39, 0.29) is 35.9 Å². The molecule has 1 aromatic heterocycles. The largest absolute Gasteiger partial charge is 0.497 e. The van der Waals surface area contributed by atoms with Crippen LogP contribution in [0.5, 0.6) is 5.75 Å². The van der Waals surface area contributed by atoms with Gasteiger partial charge in [0.05, 0.1) is 24.9 Å². The van der Waals surface area contributed by atoms with Crippen LogP contribution in [0.2, 0.25) is 0 Å². The highest BCUT2D eigenvalue weighted by molar-refractivity contribution is 6.08. The van der Waals surface area contributed by atoms with Crippen LogP contribution in [0.4, 0.5) is 41.1 Å². The molecule has 0 radical (unpaired) electrons. The predicted molar refractivity (Wildman–Crippen MR) is 171 cm³/mol. The van der Waals surface area contributed by atoms with Crippen molar-refractivity contribution in [3.8, 4) is 5.75 Å². The molecule has 0 spiro atoms. The van der Waals surface area contributed by atoms with Crippen LogP contribution in [0.15, 0.2) is 42.6 Å². The second-order valence-corrected chi connectivity index (χ2v) is 11.1. The summed E-state index contributed by atoms with van der Waals surface area (Å²) < 4.78 is 47.9. The highest BCUT2D eigenvalue weighted by Crippen LogP contribution is 2.36.